The summed E-state index contributed by atoms with van der Waals surface area (Å²) in [6.45, 7) is 9.40. The van der Waals surface area contributed by atoms with Crippen molar-refractivity contribution in [3.05, 3.63) is 29.8 Å². The van der Waals surface area contributed by atoms with Gasteiger partial charge in [-0.15, -0.1) is 0 Å². The zero-order chi connectivity index (χ0) is 14.7. The fourth-order valence-electron chi connectivity index (χ4n) is 3.86. The molecule has 1 saturated heterocycles. The predicted molar refractivity (Wildman–Crippen MR) is 91.2 cm³/mol. The molecule has 116 valence electrons. The Kier molecular flexibility index (Phi) is 4.84. The average molecular weight is 286 g/mol. The molecule has 1 aliphatic heterocycles. The van der Waals surface area contributed by atoms with E-state index in [0.29, 0.717) is 5.92 Å². The number of benzene rings is 1. The van der Waals surface area contributed by atoms with Crippen molar-refractivity contribution >= 4 is 5.69 Å². The molecular formula is C19H30N2. The Morgan fingerprint density at radius 1 is 0.857 bits per heavy atom. The van der Waals surface area contributed by atoms with Crippen molar-refractivity contribution in [1.82, 2.24) is 4.90 Å². The molecule has 0 N–H and O–H groups in total. The van der Waals surface area contributed by atoms with Gasteiger partial charge in [0.25, 0.3) is 0 Å². The van der Waals surface area contributed by atoms with Crippen molar-refractivity contribution in [3.63, 3.8) is 0 Å². The Labute approximate surface area is 130 Å². The summed E-state index contributed by atoms with van der Waals surface area (Å²) in [5.74, 6) is 0.627. The Hall–Kier alpha value is -1.02. The van der Waals surface area contributed by atoms with Gasteiger partial charge in [0.15, 0.2) is 0 Å². The van der Waals surface area contributed by atoms with E-state index in [2.05, 4.69) is 47.9 Å². The van der Waals surface area contributed by atoms with E-state index in [1.54, 1.807) is 0 Å². The van der Waals surface area contributed by atoms with Crippen LogP contribution in [0.4, 0.5) is 5.69 Å². The average Bonchev–Trinajstić information content (AvgIpc) is 2.56. The van der Waals surface area contributed by atoms with Crippen LogP contribution in [0.15, 0.2) is 24.3 Å². The van der Waals surface area contributed by atoms with Gasteiger partial charge in [-0.05, 0) is 36.5 Å². The summed E-state index contributed by atoms with van der Waals surface area (Å²) in [7, 11) is 0. The molecule has 0 aromatic heterocycles. The number of hydrogen-bond acceptors (Lipinski definition) is 2. The van der Waals surface area contributed by atoms with E-state index in [1.807, 2.05) is 0 Å². The maximum atomic E-state index is 2.75. The van der Waals surface area contributed by atoms with E-state index in [1.165, 1.54) is 69.5 Å². The first-order valence-corrected chi connectivity index (χ1v) is 8.83. The zero-order valence-corrected chi connectivity index (χ0v) is 13.7. The molecule has 1 aliphatic carbocycles. The standard InChI is InChI=1S/C19H30N2/c1-16(2)17-8-10-19(11-9-17)21-14-12-20(13-15-21)18-6-4-3-5-7-18/h8-11,16,18H,3-7,12-15H2,1-2H3. The second-order valence-corrected chi connectivity index (χ2v) is 7.06. The Morgan fingerprint density at radius 2 is 1.48 bits per heavy atom. The minimum absolute atomic E-state index is 0.627. The SMILES string of the molecule is CC(C)c1ccc(N2CCN(C3CCCCC3)CC2)cc1. The lowest BCUT2D eigenvalue weighted by Gasteiger charge is -2.41. The summed E-state index contributed by atoms with van der Waals surface area (Å²) in [5, 5.41) is 0. The number of rotatable bonds is 3. The summed E-state index contributed by atoms with van der Waals surface area (Å²) in [5.41, 5.74) is 2.85. The van der Waals surface area contributed by atoms with Gasteiger partial charge in [-0.25, -0.2) is 0 Å². The van der Waals surface area contributed by atoms with Gasteiger partial charge in [0.2, 0.25) is 0 Å². The van der Waals surface area contributed by atoms with Gasteiger partial charge in [0.1, 0.15) is 0 Å². The molecule has 0 bridgehead atoms. The molecule has 0 unspecified atom stereocenters. The lowest BCUT2D eigenvalue weighted by atomic mass is 9.94. The first-order chi connectivity index (χ1) is 10.2. The van der Waals surface area contributed by atoms with Gasteiger partial charge in [0, 0.05) is 37.9 Å². The van der Waals surface area contributed by atoms with Gasteiger partial charge < -0.3 is 4.90 Å². The van der Waals surface area contributed by atoms with E-state index in [-0.39, 0.29) is 0 Å². The Morgan fingerprint density at radius 3 is 2.05 bits per heavy atom. The van der Waals surface area contributed by atoms with Crippen molar-refractivity contribution in [1.29, 1.82) is 0 Å². The third kappa shape index (κ3) is 3.60. The molecular weight excluding hydrogens is 256 g/mol. The first kappa shape index (κ1) is 14.9. The predicted octanol–water partition coefficient (Wildman–Crippen LogP) is 4.26. The van der Waals surface area contributed by atoms with Crippen LogP contribution < -0.4 is 4.90 Å². The van der Waals surface area contributed by atoms with Crippen LogP contribution in [0.2, 0.25) is 0 Å². The number of piperazine rings is 1. The van der Waals surface area contributed by atoms with E-state index in [0.717, 1.165) is 6.04 Å². The summed E-state index contributed by atoms with van der Waals surface area (Å²) in [6, 6.07) is 10.1. The highest BCUT2D eigenvalue weighted by molar-refractivity contribution is 5.48. The highest BCUT2D eigenvalue weighted by Crippen LogP contribution is 2.25. The Bertz CT molecular complexity index is 423. The summed E-state index contributed by atoms with van der Waals surface area (Å²) < 4.78 is 0. The van der Waals surface area contributed by atoms with Crippen LogP contribution in [-0.2, 0) is 0 Å². The third-order valence-electron chi connectivity index (χ3n) is 5.33. The molecule has 2 nitrogen and oxygen atoms in total. The van der Waals surface area contributed by atoms with Gasteiger partial charge in [-0.2, -0.15) is 0 Å². The van der Waals surface area contributed by atoms with Crippen molar-refractivity contribution < 1.29 is 0 Å². The molecule has 1 aromatic carbocycles. The van der Waals surface area contributed by atoms with Gasteiger partial charge in [-0.1, -0.05) is 45.2 Å². The lowest BCUT2D eigenvalue weighted by molar-refractivity contribution is 0.148. The number of hydrogen-bond donors (Lipinski definition) is 0. The largest absolute Gasteiger partial charge is 0.369 e. The molecule has 0 atom stereocenters. The smallest absolute Gasteiger partial charge is 0.0367 e. The van der Waals surface area contributed by atoms with Gasteiger partial charge in [0.05, 0.1) is 0 Å². The molecule has 1 saturated carbocycles. The van der Waals surface area contributed by atoms with Gasteiger partial charge >= 0.3 is 0 Å². The summed E-state index contributed by atoms with van der Waals surface area (Å²) in [4.78, 5) is 5.31. The quantitative estimate of drug-likeness (QED) is 0.819. The van der Waals surface area contributed by atoms with Crippen LogP contribution in [0, 0.1) is 0 Å². The van der Waals surface area contributed by atoms with E-state index >= 15 is 0 Å². The number of nitrogens with zero attached hydrogens (tertiary/aromatic N) is 2. The summed E-state index contributed by atoms with van der Waals surface area (Å²) in [6.07, 6.45) is 7.22. The monoisotopic (exact) mass is 286 g/mol. The van der Waals surface area contributed by atoms with Crippen molar-refractivity contribution in [3.8, 4) is 0 Å². The van der Waals surface area contributed by atoms with Crippen molar-refractivity contribution in [2.75, 3.05) is 31.1 Å². The lowest BCUT2D eigenvalue weighted by Crippen LogP contribution is -2.50. The number of anilines is 1. The van der Waals surface area contributed by atoms with Crippen LogP contribution in [0.25, 0.3) is 0 Å². The second kappa shape index (κ2) is 6.83. The van der Waals surface area contributed by atoms with E-state index < -0.39 is 0 Å². The van der Waals surface area contributed by atoms with Crippen LogP contribution in [-0.4, -0.2) is 37.1 Å². The first-order valence-electron chi connectivity index (χ1n) is 8.83. The fraction of sp³-hybridized carbons (Fsp3) is 0.684. The van der Waals surface area contributed by atoms with Crippen LogP contribution in [0.1, 0.15) is 57.4 Å². The van der Waals surface area contributed by atoms with E-state index in [9.17, 15) is 0 Å². The Balaban J connectivity index is 1.55. The minimum Gasteiger partial charge on any atom is -0.369 e. The van der Waals surface area contributed by atoms with Crippen LogP contribution in [0.3, 0.4) is 0 Å². The maximum Gasteiger partial charge on any atom is 0.0367 e. The molecule has 0 radical (unpaired) electrons. The van der Waals surface area contributed by atoms with Gasteiger partial charge in [-0.3, -0.25) is 4.90 Å². The highest BCUT2D eigenvalue weighted by Gasteiger charge is 2.25. The zero-order valence-electron chi connectivity index (χ0n) is 13.7. The minimum atomic E-state index is 0.627. The maximum absolute atomic E-state index is 2.75. The molecule has 1 aromatic rings. The van der Waals surface area contributed by atoms with E-state index in [4.69, 9.17) is 0 Å². The molecule has 0 spiro atoms. The molecule has 2 fully saturated rings. The normalized spacial score (nSPS) is 22.0. The molecule has 2 aliphatic rings. The van der Waals surface area contributed by atoms with Crippen LogP contribution in [0.5, 0.6) is 0 Å². The van der Waals surface area contributed by atoms with Crippen molar-refractivity contribution in [2.45, 2.75) is 57.9 Å². The fourth-order valence-corrected chi connectivity index (χ4v) is 3.86. The summed E-state index contributed by atoms with van der Waals surface area (Å²) >= 11 is 0. The third-order valence-corrected chi connectivity index (χ3v) is 5.33. The molecule has 0 amide bonds. The molecule has 1 heterocycles. The molecule has 21 heavy (non-hydrogen) atoms. The second-order valence-electron chi connectivity index (χ2n) is 7.06. The molecule has 3 rings (SSSR count). The van der Waals surface area contributed by atoms with Crippen LogP contribution >= 0.6 is 0 Å². The molecule has 2 heteroatoms. The topological polar surface area (TPSA) is 6.48 Å². The van der Waals surface area contributed by atoms with Crippen molar-refractivity contribution in [2.24, 2.45) is 0 Å². The highest BCUT2D eigenvalue weighted by atomic mass is 15.3.